The van der Waals surface area contributed by atoms with E-state index in [1.54, 1.807) is 19.3 Å². The Hall–Kier alpha value is -2.01. The largest absolute Gasteiger partial charge is 0.345 e. The first kappa shape index (κ1) is 13.0. The van der Waals surface area contributed by atoms with E-state index in [2.05, 4.69) is 25.9 Å². The molecule has 0 bridgehead atoms. The first-order valence-corrected chi connectivity index (χ1v) is 6.79. The molecule has 0 spiro atoms. The second-order valence-electron chi connectivity index (χ2n) is 4.54. The fraction of sp³-hybridized carbons (Fsp3) is 0.0667. The third-order valence-corrected chi connectivity index (χ3v) is 3.61. The summed E-state index contributed by atoms with van der Waals surface area (Å²) in [5.74, 6) is -0.490. The Balaban J connectivity index is 2.15. The zero-order chi connectivity index (χ0) is 14.3. The van der Waals surface area contributed by atoms with E-state index in [9.17, 15) is 9.18 Å². The van der Waals surface area contributed by atoms with Crippen LogP contribution in [-0.4, -0.2) is 15.8 Å². The molecule has 0 unspecified atom stereocenters. The summed E-state index contributed by atoms with van der Waals surface area (Å²) < 4.78 is 13.9. The first-order valence-electron chi connectivity index (χ1n) is 6.00. The zero-order valence-corrected chi connectivity index (χ0v) is 12.2. The molecule has 0 amide bonds. The Morgan fingerprint density at radius 2 is 2.10 bits per heavy atom. The Labute approximate surface area is 123 Å². The first-order chi connectivity index (χ1) is 9.56. The van der Waals surface area contributed by atoms with Crippen LogP contribution in [0.25, 0.3) is 11.0 Å². The fourth-order valence-corrected chi connectivity index (χ4v) is 2.52. The fourth-order valence-electron chi connectivity index (χ4n) is 2.19. The van der Waals surface area contributed by atoms with Gasteiger partial charge in [-0.2, -0.15) is 0 Å². The van der Waals surface area contributed by atoms with E-state index in [-0.39, 0.29) is 11.6 Å². The van der Waals surface area contributed by atoms with Crippen molar-refractivity contribution in [2.24, 2.45) is 0 Å². The summed E-state index contributed by atoms with van der Waals surface area (Å²) in [5.41, 5.74) is 2.29. The van der Waals surface area contributed by atoms with E-state index in [1.807, 2.05) is 6.07 Å². The van der Waals surface area contributed by atoms with Gasteiger partial charge in [-0.15, -0.1) is 0 Å². The summed E-state index contributed by atoms with van der Waals surface area (Å²) in [6, 6.07) is 6.00. The number of benzene rings is 1. The summed E-state index contributed by atoms with van der Waals surface area (Å²) >= 11 is 3.34. The third-order valence-electron chi connectivity index (χ3n) is 3.18. The number of aromatic amines is 1. The van der Waals surface area contributed by atoms with Gasteiger partial charge in [0.05, 0.1) is 0 Å². The molecule has 3 rings (SSSR count). The Morgan fingerprint density at radius 1 is 1.30 bits per heavy atom. The second-order valence-corrected chi connectivity index (χ2v) is 5.46. The van der Waals surface area contributed by atoms with Crippen molar-refractivity contribution in [3.8, 4) is 0 Å². The van der Waals surface area contributed by atoms with E-state index in [1.165, 1.54) is 18.2 Å². The summed E-state index contributed by atoms with van der Waals surface area (Å²) in [6.07, 6.45) is 3.30. The SMILES string of the molecule is Cc1cc(F)ccc1C(=O)c1c[nH]c2ncc(Br)cc12. The van der Waals surface area contributed by atoms with Crippen molar-refractivity contribution in [3.05, 3.63) is 63.6 Å². The molecule has 2 aromatic heterocycles. The minimum Gasteiger partial charge on any atom is -0.345 e. The minimum absolute atomic E-state index is 0.145. The number of ketones is 1. The number of aryl methyl sites for hydroxylation is 1. The summed E-state index contributed by atoms with van der Waals surface area (Å²) in [7, 11) is 0. The van der Waals surface area contributed by atoms with Crippen LogP contribution in [0.4, 0.5) is 4.39 Å². The minimum atomic E-state index is -0.345. The summed E-state index contributed by atoms with van der Waals surface area (Å²) in [4.78, 5) is 19.7. The number of fused-ring (bicyclic) bond motifs is 1. The summed E-state index contributed by atoms with van der Waals surface area (Å²) in [6.45, 7) is 1.72. The Bertz CT molecular complexity index is 826. The van der Waals surface area contributed by atoms with Gasteiger partial charge in [-0.05, 0) is 52.7 Å². The van der Waals surface area contributed by atoms with Crippen LogP contribution in [0.15, 0.2) is 41.1 Å². The number of carbonyl (C=O) groups is 1. The van der Waals surface area contributed by atoms with E-state index < -0.39 is 0 Å². The number of nitrogens with zero attached hydrogens (tertiary/aromatic N) is 1. The van der Waals surface area contributed by atoms with Crippen LogP contribution in [0.2, 0.25) is 0 Å². The van der Waals surface area contributed by atoms with Crippen molar-refractivity contribution >= 4 is 32.7 Å². The number of halogens is 2. The van der Waals surface area contributed by atoms with Crippen LogP contribution < -0.4 is 0 Å². The highest BCUT2D eigenvalue weighted by atomic mass is 79.9. The van der Waals surface area contributed by atoms with E-state index >= 15 is 0 Å². The average Bonchev–Trinajstić information content (AvgIpc) is 2.81. The highest BCUT2D eigenvalue weighted by Gasteiger charge is 2.17. The molecular formula is C15H10BrFN2O. The normalized spacial score (nSPS) is 10.9. The molecule has 0 aliphatic carbocycles. The van der Waals surface area contributed by atoms with Crippen LogP contribution in [0.1, 0.15) is 21.5 Å². The van der Waals surface area contributed by atoms with Crippen LogP contribution >= 0.6 is 15.9 Å². The number of hydrogen-bond donors (Lipinski definition) is 1. The number of aromatic nitrogens is 2. The maximum absolute atomic E-state index is 13.1. The van der Waals surface area contributed by atoms with Gasteiger partial charge < -0.3 is 4.98 Å². The summed E-state index contributed by atoms with van der Waals surface area (Å²) in [5, 5.41) is 0.744. The number of H-pyrrole nitrogens is 1. The second kappa shape index (κ2) is 4.83. The van der Waals surface area contributed by atoms with Gasteiger partial charge in [-0.3, -0.25) is 4.79 Å². The van der Waals surface area contributed by atoms with Crippen molar-refractivity contribution in [2.75, 3.05) is 0 Å². The molecule has 2 heterocycles. The number of carbonyl (C=O) groups excluding carboxylic acids is 1. The van der Waals surface area contributed by atoms with Gasteiger partial charge >= 0.3 is 0 Å². The van der Waals surface area contributed by atoms with Crippen LogP contribution in [0.3, 0.4) is 0 Å². The van der Waals surface area contributed by atoms with Gasteiger partial charge in [0.2, 0.25) is 0 Å². The predicted molar refractivity (Wildman–Crippen MR) is 78.4 cm³/mol. The monoisotopic (exact) mass is 332 g/mol. The lowest BCUT2D eigenvalue weighted by Crippen LogP contribution is -2.03. The topological polar surface area (TPSA) is 45.8 Å². The molecule has 100 valence electrons. The Kier molecular flexibility index (Phi) is 3.14. The van der Waals surface area contributed by atoms with Gasteiger partial charge in [0, 0.05) is 33.4 Å². The number of hydrogen-bond acceptors (Lipinski definition) is 2. The number of pyridine rings is 1. The van der Waals surface area contributed by atoms with Crippen molar-refractivity contribution < 1.29 is 9.18 Å². The van der Waals surface area contributed by atoms with Crippen LogP contribution in [0, 0.1) is 12.7 Å². The third kappa shape index (κ3) is 2.14. The van der Waals surface area contributed by atoms with Crippen molar-refractivity contribution in [1.29, 1.82) is 0 Å². The maximum Gasteiger partial charge on any atom is 0.195 e. The van der Waals surface area contributed by atoms with Crippen LogP contribution in [-0.2, 0) is 0 Å². The highest BCUT2D eigenvalue weighted by molar-refractivity contribution is 9.10. The predicted octanol–water partition coefficient (Wildman–Crippen LogP) is 4.00. The standard InChI is InChI=1S/C15H10BrFN2O/c1-8-4-10(17)2-3-11(8)14(20)13-7-19-15-12(13)5-9(16)6-18-15/h2-7H,1H3,(H,18,19). The van der Waals surface area contributed by atoms with Gasteiger partial charge in [0.25, 0.3) is 0 Å². The lowest BCUT2D eigenvalue weighted by Gasteiger charge is -2.04. The molecule has 0 radical (unpaired) electrons. The van der Waals surface area contributed by atoms with E-state index in [0.717, 1.165) is 9.86 Å². The maximum atomic E-state index is 13.1. The molecule has 1 aromatic carbocycles. The molecule has 0 saturated heterocycles. The molecule has 20 heavy (non-hydrogen) atoms. The molecule has 0 fully saturated rings. The molecule has 0 aliphatic rings. The van der Waals surface area contributed by atoms with Gasteiger partial charge in [0.15, 0.2) is 5.78 Å². The van der Waals surface area contributed by atoms with Crippen LogP contribution in [0.5, 0.6) is 0 Å². The van der Waals surface area contributed by atoms with Gasteiger partial charge in [-0.1, -0.05) is 0 Å². The molecule has 0 aliphatic heterocycles. The van der Waals surface area contributed by atoms with Crippen molar-refractivity contribution in [2.45, 2.75) is 6.92 Å². The quantitative estimate of drug-likeness (QED) is 0.721. The van der Waals surface area contributed by atoms with Gasteiger partial charge in [0.1, 0.15) is 11.5 Å². The smallest absolute Gasteiger partial charge is 0.195 e. The molecule has 0 atom stereocenters. The van der Waals surface area contributed by atoms with Gasteiger partial charge in [-0.25, -0.2) is 9.37 Å². The molecule has 0 saturated carbocycles. The lowest BCUT2D eigenvalue weighted by atomic mass is 9.99. The number of rotatable bonds is 2. The molecule has 1 N–H and O–H groups in total. The van der Waals surface area contributed by atoms with Crippen molar-refractivity contribution in [1.82, 2.24) is 9.97 Å². The van der Waals surface area contributed by atoms with Crippen molar-refractivity contribution in [3.63, 3.8) is 0 Å². The highest BCUT2D eigenvalue weighted by Crippen LogP contribution is 2.24. The van der Waals surface area contributed by atoms with E-state index in [0.29, 0.717) is 22.3 Å². The molecule has 3 aromatic rings. The molecule has 5 heteroatoms. The molecule has 3 nitrogen and oxygen atoms in total. The number of nitrogens with one attached hydrogen (secondary N) is 1. The molecular weight excluding hydrogens is 323 g/mol. The zero-order valence-electron chi connectivity index (χ0n) is 10.6. The lowest BCUT2D eigenvalue weighted by molar-refractivity contribution is 0.103. The van der Waals surface area contributed by atoms with E-state index in [4.69, 9.17) is 0 Å². The Morgan fingerprint density at radius 3 is 2.85 bits per heavy atom. The average molecular weight is 333 g/mol.